The van der Waals surface area contributed by atoms with E-state index >= 15 is 0 Å². The van der Waals surface area contributed by atoms with Crippen LogP contribution in [0.2, 0.25) is 5.02 Å². The number of halogens is 1. The van der Waals surface area contributed by atoms with Gasteiger partial charge in [0.25, 0.3) is 0 Å². The van der Waals surface area contributed by atoms with Gasteiger partial charge in [0.15, 0.2) is 0 Å². The van der Waals surface area contributed by atoms with Crippen LogP contribution in [0.5, 0.6) is 5.75 Å². The molecule has 5 heteroatoms. The largest absolute Gasteiger partial charge is 0.507 e. The fraction of sp³-hybridized carbons (Fsp3) is 0.462. The van der Waals surface area contributed by atoms with Crippen molar-refractivity contribution in [1.82, 2.24) is 0 Å². The van der Waals surface area contributed by atoms with E-state index in [0.29, 0.717) is 29.2 Å². The highest BCUT2D eigenvalue weighted by molar-refractivity contribution is 6.35. The smallest absolute Gasteiger partial charge is 0.234 e. The van der Waals surface area contributed by atoms with Crippen LogP contribution in [-0.2, 0) is 16.6 Å². The van der Waals surface area contributed by atoms with Crippen LogP contribution in [0, 0.1) is 0 Å². The molecule has 0 radical (unpaired) electrons. The number of fused-ring (bicyclic) bond motifs is 1. The summed E-state index contributed by atoms with van der Waals surface area (Å²) in [5.74, 6) is 0.0110. The van der Waals surface area contributed by atoms with Gasteiger partial charge in [-0.3, -0.25) is 4.79 Å². The van der Waals surface area contributed by atoms with Gasteiger partial charge in [0, 0.05) is 5.56 Å². The molecule has 0 unspecified atom stereocenters. The number of carbonyl (C=O) groups excluding carboxylic acids is 1. The topological polar surface area (TPSA) is 75.4 Å². The number of aromatic hydroxyl groups is 1. The number of aryl methyl sites for hydroxylation is 1. The summed E-state index contributed by atoms with van der Waals surface area (Å²) < 4.78 is 0. The fourth-order valence-electron chi connectivity index (χ4n) is 2.29. The lowest BCUT2D eigenvalue weighted by Gasteiger charge is -2.18. The second kappa shape index (κ2) is 4.44. The number of hydrogen-bond donors (Lipinski definition) is 3. The van der Waals surface area contributed by atoms with Crippen molar-refractivity contribution in [1.29, 1.82) is 0 Å². The van der Waals surface area contributed by atoms with E-state index < -0.39 is 5.41 Å². The van der Waals surface area contributed by atoms with Crippen LogP contribution in [0.25, 0.3) is 0 Å². The second-order valence-corrected chi connectivity index (χ2v) is 5.49. The number of nitrogens with two attached hydrogens (primary N) is 1. The number of carbonyl (C=O) groups is 1. The summed E-state index contributed by atoms with van der Waals surface area (Å²) in [6.07, 6.45) is 1.42. The van der Waals surface area contributed by atoms with E-state index in [1.807, 2.05) is 0 Å². The van der Waals surface area contributed by atoms with Gasteiger partial charge in [-0.2, -0.15) is 0 Å². The van der Waals surface area contributed by atoms with Gasteiger partial charge in [0.05, 0.1) is 16.1 Å². The zero-order valence-electron chi connectivity index (χ0n) is 10.5. The van der Waals surface area contributed by atoms with Gasteiger partial charge in [0.1, 0.15) is 5.75 Å². The molecule has 4 N–H and O–H groups in total. The van der Waals surface area contributed by atoms with Gasteiger partial charge < -0.3 is 16.2 Å². The lowest BCUT2D eigenvalue weighted by Crippen LogP contribution is -2.27. The Morgan fingerprint density at radius 1 is 1.50 bits per heavy atom. The van der Waals surface area contributed by atoms with Crippen molar-refractivity contribution in [2.45, 2.75) is 32.1 Å². The quantitative estimate of drug-likeness (QED) is 0.786. The van der Waals surface area contributed by atoms with Crippen LogP contribution in [0.1, 0.15) is 31.4 Å². The molecule has 0 saturated heterocycles. The monoisotopic (exact) mass is 268 g/mol. The molecule has 0 saturated carbocycles. The SMILES string of the molecule is CC1(C)C(=O)Nc2c(Cl)cc(CCCN)c(O)c21. The molecule has 0 fully saturated rings. The summed E-state index contributed by atoms with van der Waals surface area (Å²) >= 11 is 6.16. The lowest BCUT2D eigenvalue weighted by atomic mass is 9.84. The number of hydrogen-bond acceptors (Lipinski definition) is 3. The Morgan fingerprint density at radius 3 is 2.78 bits per heavy atom. The predicted octanol–water partition coefficient (Wildman–Crippen LogP) is 2.17. The third kappa shape index (κ3) is 1.85. The summed E-state index contributed by atoms with van der Waals surface area (Å²) in [7, 11) is 0. The number of phenolic OH excluding ortho intramolecular Hbond substituents is 1. The van der Waals surface area contributed by atoms with E-state index in [2.05, 4.69) is 5.32 Å². The molecule has 1 aliphatic heterocycles. The summed E-state index contributed by atoms with van der Waals surface area (Å²) in [6.45, 7) is 4.10. The first-order valence-corrected chi connectivity index (χ1v) is 6.33. The number of rotatable bonds is 3. The average molecular weight is 269 g/mol. The minimum Gasteiger partial charge on any atom is -0.507 e. The summed E-state index contributed by atoms with van der Waals surface area (Å²) in [5, 5.41) is 13.5. The van der Waals surface area contributed by atoms with Crippen molar-refractivity contribution in [2.75, 3.05) is 11.9 Å². The van der Waals surface area contributed by atoms with Gasteiger partial charge in [-0.1, -0.05) is 11.6 Å². The van der Waals surface area contributed by atoms with E-state index in [4.69, 9.17) is 17.3 Å². The third-order valence-electron chi connectivity index (χ3n) is 3.41. The van der Waals surface area contributed by atoms with Crippen molar-refractivity contribution < 1.29 is 9.90 Å². The molecule has 0 aliphatic carbocycles. The molecule has 1 aromatic rings. The highest BCUT2D eigenvalue weighted by Crippen LogP contribution is 2.48. The molecule has 0 aromatic heterocycles. The van der Waals surface area contributed by atoms with Crippen molar-refractivity contribution in [3.8, 4) is 5.75 Å². The predicted molar refractivity (Wildman–Crippen MR) is 72.1 cm³/mol. The van der Waals surface area contributed by atoms with Gasteiger partial charge in [-0.05, 0) is 44.9 Å². The van der Waals surface area contributed by atoms with E-state index in [1.54, 1.807) is 19.9 Å². The molecule has 2 rings (SSSR count). The Bertz CT molecular complexity index is 512. The van der Waals surface area contributed by atoms with Gasteiger partial charge in [-0.25, -0.2) is 0 Å². The molecule has 1 amide bonds. The van der Waals surface area contributed by atoms with Crippen LogP contribution < -0.4 is 11.1 Å². The fourth-order valence-corrected chi connectivity index (χ4v) is 2.56. The first kappa shape index (κ1) is 13.2. The zero-order valence-corrected chi connectivity index (χ0v) is 11.3. The summed E-state index contributed by atoms with van der Waals surface area (Å²) in [6, 6.07) is 1.70. The summed E-state index contributed by atoms with van der Waals surface area (Å²) in [5.41, 5.74) is 6.57. The summed E-state index contributed by atoms with van der Waals surface area (Å²) in [4.78, 5) is 11.9. The molecule has 0 spiro atoms. The number of nitrogens with one attached hydrogen (secondary N) is 1. The highest BCUT2D eigenvalue weighted by atomic mass is 35.5. The normalized spacial score (nSPS) is 16.6. The molecule has 0 atom stereocenters. The van der Waals surface area contributed by atoms with Crippen LogP contribution in [0.4, 0.5) is 5.69 Å². The maximum atomic E-state index is 11.9. The van der Waals surface area contributed by atoms with Crippen LogP contribution in [-0.4, -0.2) is 17.6 Å². The standard InChI is InChI=1S/C13H17ClN2O2/c1-13(2)9-10(16-12(13)18)8(14)6-7(11(9)17)4-3-5-15/h6,17H,3-5,15H2,1-2H3,(H,16,18). The first-order valence-electron chi connectivity index (χ1n) is 5.96. The number of amides is 1. The Morgan fingerprint density at radius 2 is 2.17 bits per heavy atom. The minimum atomic E-state index is -0.762. The van der Waals surface area contributed by atoms with Gasteiger partial charge in [0.2, 0.25) is 5.91 Å². The van der Waals surface area contributed by atoms with E-state index in [0.717, 1.165) is 12.0 Å². The first-order chi connectivity index (χ1) is 8.39. The Kier molecular flexibility index (Phi) is 3.25. The van der Waals surface area contributed by atoms with Crippen LogP contribution in [0.3, 0.4) is 0 Å². The van der Waals surface area contributed by atoms with E-state index in [-0.39, 0.29) is 11.7 Å². The average Bonchev–Trinajstić information content (AvgIpc) is 2.54. The van der Waals surface area contributed by atoms with E-state index in [1.165, 1.54) is 0 Å². The molecule has 0 bridgehead atoms. The number of phenols is 1. The van der Waals surface area contributed by atoms with Crippen LogP contribution in [0.15, 0.2) is 6.07 Å². The Hall–Kier alpha value is -1.26. The van der Waals surface area contributed by atoms with Crippen molar-refractivity contribution in [3.05, 3.63) is 22.2 Å². The maximum Gasteiger partial charge on any atom is 0.234 e. The number of benzene rings is 1. The van der Waals surface area contributed by atoms with Crippen molar-refractivity contribution in [3.63, 3.8) is 0 Å². The van der Waals surface area contributed by atoms with Gasteiger partial charge in [-0.15, -0.1) is 0 Å². The van der Waals surface area contributed by atoms with Crippen molar-refractivity contribution >= 4 is 23.2 Å². The van der Waals surface area contributed by atoms with Crippen LogP contribution >= 0.6 is 11.6 Å². The number of anilines is 1. The second-order valence-electron chi connectivity index (χ2n) is 5.09. The zero-order chi connectivity index (χ0) is 13.5. The Labute approximate surface area is 111 Å². The van der Waals surface area contributed by atoms with Gasteiger partial charge >= 0.3 is 0 Å². The molecular weight excluding hydrogens is 252 g/mol. The molecule has 1 heterocycles. The van der Waals surface area contributed by atoms with E-state index in [9.17, 15) is 9.90 Å². The lowest BCUT2D eigenvalue weighted by molar-refractivity contribution is -0.119. The van der Waals surface area contributed by atoms with Crippen molar-refractivity contribution in [2.24, 2.45) is 5.73 Å². The molecule has 4 nitrogen and oxygen atoms in total. The minimum absolute atomic E-state index is 0.148. The maximum absolute atomic E-state index is 11.9. The molecule has 18 heavy (non-hydrogen) atoms. The molecular formula is C13H17ClN2O2. The third-order valence-corrected chi connectivity index (χ3v) is 3.71. The highest BCUT2D eigenvalue weighted by Gasteiger charge is 2.42. The Balaban J connectivity index is 2.57. The molecule has 98 valence electrons. The molecule has 1 aliphatic rings. The molecule has 1 aromatic carbocycles.